The predicted octanol–water partition coefficient (Wildman–Crippen LogP) is 2.33. The largest absolute Gasteiger partial charge is 0.497 e. The first kappa shape index (κ1) is 11.0. The van der Waals surface area contributed by atoms with E-state index in [1.165, 1.54) is 0 Å². The fourth-order valence-electron chi connectivity index (χ4n) is 1.45. The minimum absolute atomic E-state index is 0.421. The van der Waals surface area contributed by atoms with Crippen LogP contribution in [-0.2, 0) is 6.54 Å². The maximum atomic E-state index is 5.61. The molecule has 0 amide bonds. The number of hydrogen-bond donors (Lipinski definition) is 1. The van der Waals surface area contributed by atoms with E-state index in [0.29, 0.717) is 18.5 Å². The van der Waals surface area contributed by atoms with Crippen molar-refractivity contribution in [2.45, 2.75) is 26.4 Å². The molecule has 2 aromatic rings. The molecule has 0 aliphatic rings. The second-order valence-corrected chi connectivity index (χ2v) is 3.98. The second kappa shape index (κ2) is 4.53. The van der Waals surface area contributed by atoms with Gasteiger partial charge in [-0.3, -0.25) is 0 Å². The number of methoxy groups -OCH3 is 1. The van der Waals surface area contributed by atoms with Crippen LogP contribution < -0.4 is 10.1 Å². The minimum Gasteiger partial charge on any atom is -0.497 e. The number of oxazole rings is 1. The van der Waals surface area contributed by atoms with E-state index >= 15 is 0 Å². The number of ether oxygens (including phenoxy) is 1. The van der Waals surface area contributed by atoms with Crippen molar-refractivity contribution >= 4 is 11.1 Å². The highest BCUT2D eigenvalue weighted by Crippen LogP contribution is 2.21. The first-order valence-electron chi connectivity index (χ1n) is 5.36. The van der Waals surface area contributed by atoms with Crippen molar-refractivity contribution in [1.29, 1.82) is 0 Å². The smallest absolute Gasteiger partial charge is 0.209 e. The van der Waals surface area contributed by atoms with Crippen molar-refractivity contribution in [2.75, 3.05) is 7.11 Å². The van der Waals surface area contributed by atoms with Crippen molar-refractivity contribution in [1.82, 2.24) is 10.3 Å². The summed E-state index contributed by atoms with van der Waals surface area (Å²) in [5.74, 6) is 1.49. The predicted molar refractivity (Wildman–Crippen MR) is 62.5 cm³/mol. The van der Waals surface area contributed by atoms with Gasteiger partial charge in [-0.2, -0.15) is 0 Å². The van der Waals surface area contributed by atoms with Crippen molar-refractivity contribution in [3.8, 4) is 5.75 Å². The van der Waals surface area contributed by atoms with Crippen LogP contribution in [0, 0.1) is 0 Å². The third kappa shape index (κ3) is 2.33. The second-order valence-electron chi connectivity index (χ2n) is 3.98. The van der Waals surface area contributed by atoms with Crippen LogP contribution in [0.15, 0.2) is 22.6 Å². The number of rotatable bonds is 4. The molecule has 0 atom stereocenters. The molecular weight excluding hydrogens is 204 g/mol. The Hall–Kier alpha value is -1.55. The first-order valence-corrected chi connectivity index (χ1v) is 5.36. The van der Waals surface area contributed by atoms with Crippen LogP contribution in [0.2, 0.25) is 0 Å². The summed E-state index contributed by atoms with van der Waals surface area (Å²) in [5, 5.41) is 3.26. The summed E-state index contributed by atoms with van der Waals surface area (Å²) in [5.41, 5.74) is 1.63. The van der Waals surface area contributed by atoms with Crippen LogP contribution in [0.25, 0.3) is 11.1 Å². The number of nitrogens with zero attached hydrogens (tertiary/aromatic N) is 1. The fourth-order valence-corrected chi connectivity index (χ4v) is 1.45. The highest BCUT2D eigenvalue weighted by atomic mass is 16.5. The maximum Gasteiger partial charge on any atom is 0.209 e. The zero-order valence-corrected chi connectivity index (χ0v) is 9.78. The Kier molecular flexibility index (Phi) is 3.10. The molecule has 4 nitrogen and oxygen atoms in total. The Labute approximate surface area is 94.6 Å². The molecule has 4 heteroatoms. The molecule has 16 heavy (non-hydrogen) atoms. The topological polar surface area (TPSA) is 47.3 Å². The summed E-state index contributed by atoms with van der Waals surface area (Å²) in [6.07, 6.45) is 0. The summed E-state index contributed by atoms with van der Waals surface area (Å²) in [4.78, 5) is 4.38. The molecule has 0 aliphatic heterocycles. The Morgan fingerprint density at radius 2 is 2.25 bits per heavy atom. The zero-order valence-electron chi connectivity index (χ0n) is 9.78. The van der Waals surface area contributed by atoms with Gasteiger partial charge in [0, 0.05) is 12.1 Å². The molecule has 0 radical (unpaired) electrons. The van der Waals surface area contributed by atoms with Crippen LogP contribution >= 0.6 is 0 Å². The number of aromatic nitrogens is 1. The van der Waals surface area contributed by atoms with Gasteiger partial charge >= 0.3 is 0 Å². The summed E-state index contributed by atoms with van der Waals surface area (Å²) < 4.78 is 10.7. The number of benzene rings is 1. The van der Waals surface area contributed by atoms with Gasteiger partial charge in [0.1, 0.15) is 11.3 Å². The molecule has 1 heterocycles. The molecule has 0 spiro atoms. The Morgan fingerprint density at radius 3 is 2.94 bits per heavy atom. The van der Waals surface area contributed by atoms with Gasteiger partial charge in [-0.15, -0.1) is 0 Å². The molecule has 0 saturated carbocycles. The molecule has 1 aromatic heterocycles. The molecule has 0 bridgehead atoms. The van der Waals surface area contributed by atoms with Gasteiger partial charge in [-0.05, 0) is 12.1 Å². The molecular formula is C12H16N2O2. The number of nitrogens with one attached hydrogen (secondary N) is 1. The summed E-state index contributed by atoms with van der Waals surface area (Å²) in [7, 11) is 1.64. The highest BCUT2D eigenvalue weighted by Gasteiger charge is 2.06. The lowest BCUT2D eigenvalue weighted by Gasteiger charge is -2.03. The zero-order chi connectivity index (χ0) is 11.5. The molecule has 1 N–H and O–H groups in total. The summed E-state index contributed by atoms with van der Waals surface area (Å²) in [6.45, 7) is 4.83. The average molecular weight is 220 g/mol. The number of hydrogen-bond acceptors (Lipinski definition) is 4. The van der Waals surface area contributed by atoms with Gasteiger partial charge in [-0.25, -0.2) is 4.98 Å². The Balaban J connectivity index is 2.22. The van der Waals surface area contributed by atoms with E-state index in [2.05, 4.69) is 24.1 Å². The quantitative estimate of drug-likeness (QED) is 0.859. The van der Waals surface area contributed by atoms with E-state index in [0.717, 1.165) is 16.8 Å². The van der Waals surface area contributed by atoms with Crippen molar-refractivity contribution < 1.29 is 9.15 Å². The third-order valence-electron chi connectivity index (χ3n) is 2.30. The monoisotopic (exact) mass is 220 g/mol. The lowest BCUT2D eigenvalue weighted by molar-refractivity contribution is 0.413. The minimum atomic E-state index is 0.421. The normalized spacial score (nSPS) is 11.2. The van der Waals surface area contributed by atoms with Crippen LogP contribution in [0.4, 0.5) is 0 Å². The number of fused-ring (bicyclic) bond motifs is 1. The Morgan fingerprint density at radius 1 is 1.44 bits per heavy atom. The summed E-state index contributed by atoms with van der Waals surface area (Å²) >= 11 is 0. The van der Waals surface area contributed by atoms with Gasteiger partial charge in [0.15, 0.2) is 5.58 Å². The van der Waals surface area contributed by atoms with Crippen LogP contribution in [-0.4, -0.2) is 18.1 Å². The van der Waals surface area contributed by atoms with Gasteiger partial charge in [0.05, 0.1) is 13.7 Å². The third-order valence-corrected chi connectivity index (χ3v) is 2.30. The molecule has 2 rings (SSSR count). The molecule has 0 fully saturated rings. The molecule has 1 aromatic carbocycles. The standard InChI is InChI=1S/C12H16N2O2/c1-8(2)13-7-12-14-10-5-4-9(15-3)6-11(10)16-12/h4-6,8,13H,7H2,1-3H3. The van der Waals surface area contributed by atoms with E-state index < -0.39 is 0 Å². The van der Waals surface area contributed by atoms with Gasteiger partial charge in [0.2, 0.25) is 5.89 Å². The van der Waals surface area contributed by atoms with Crippen molar-refractivity contribution in [2.24, 2.45) is 0 Å². The Bertz CT molecular complexity index is 477. The summed E-state index contributed by atoms with van der Waals surface area (Å²) in [6, 6.07) is 6.05. The van der Waals surface area contributed by atoms with Crippen molar-refractivity contribution in [3.05, 3.63) is 24.1 Å². The molecule has 86 valence electrons. The highest BCUT2D eigenvalue weighted by molar-refractivity contribution is 5.74. The van der Waals surface area contributed by atoms with E-state index in [1.54, 1.807) is 7.11 Å². The van der Waals surface area contributed by atoms with E-state index in [1.807, 2.05) is 18.2 Å². The SMILES string of the molecule is COc1ccc2nc(CNC(C)C)oc2c1. The first-order chi connectivity index (χ1) is 7.69. The van der Waals surface area contributed by atoms with Crippen LogP contribution in [0.1, 0.15) is 19.7 Å². The van der Waals surface area contributed by atoms with Crippen LogP contribution in [0.5, 0.6) is 5.75 Å². The molecule has 0 aliphatic carbocycles. The van der Waals surface area contributed by atoms with Crippen molar-refractivity contribution in [3.63, 3.8) is 0 Å². The molecule has 0 saturated heterocycles. The van der Waals surface area contributed by atoms with E-state index in [4.69, 9.17) is 9.15 Å². The maximum absolute atomic E-state index is 5.61. The van der Waals surface area contributed by atoms with E-state index in [-0.39, 0.29) is 0 Å². The molecule has 0 unspecified atom stereocenters. The lowest BCUT2D eigenvalue weighted by atomic mass is 10.3. The van der Waals surface area contributed by atoms with Gasteiger partial charge in [0.25, 0.3) is 0 Å². The lowest BCUT2D eigenvalue weighted by Crippen LogP contribution is -2.21. The van der Waals surface area contributed by atoms with Gasteiger partial charge in [-0.1, -0.05) is 13.8 Å². The average Bonchev–Trinajstić information content (AvgIpc) is 2.67. The fraction of sp³-hybridized carbons (Fsp3) is 0.417. The van der Waals surface area contributed by atoms with E-state index in [9.17, 15) is 0 Å². The van der Waals surface area contributed by atoms with Crippen LogP contribution in [0.3, 0.4) is 0 Å². The van der Waals surface area contributed by atoms with Gasteiger partial charge < -0.3 is 14.5 Å².